The van der Waals surface area contributed by atoms with E-state index < -0.39 is 0 Å². The molecule has 0 spiro atoms. The van der Waals surface area contributed by atoms with E-state index in [4.69, 9.17) is 16.1 Å². The molecule has 1 aliphatic rings. The lowest BCUT2D eigenvalue weighted by Crippen LogP contribution is -2.32. The SMILES string of the molecule is Cc1cc(C(=O)NCC2CCCC(Cl)C2)no1. The first kappa shape index (κ1) is 12.4. The maximum Gasteiger partial charge on any atom is 0.273 e. The van der Waals surface area contributed by atoms with Crippen LogP contribution in [-0.4, -0.2) is 23.0 Å². The number of hydrogen-bond acceptors (Lipinski definition) is 3. The molecule has 94 valence electrons. The van der Waals surface area contributed by atoms with Gasteiger partial charge in [0.2, 0.25) is 0 Å². The fraction of sp³-hybridized carbons (Fsp3) is 0.667. The van der Waals surface area contributed by atoms with Crippen LogP contribution in [0, 0.1) is 12.8 Å². The summed E-state index contributed by atoms with van der Waals surface area (Å²) in [4.78, 5) is 11.7. The summed E-state index contributed by atoms with van der Waals surface area (Å²) in [7, 11) is 0. The summed E-state index contributed by atoms with van der Waals surface area (Å²) >= 11 is 6.11. The van der Waals surface area contributed by atoms with Gasteiger partial charge in [0.05, 0.1) is 0 Å². The van der Waals surface area contributed by atoms with Crippen molar-refractivity contribution in [1.82, 2.24) is 10.5 Å². The molecule has 5 heteroatoms. The molecule has 2 atom stereocenters. The maximum absolute atomic E-state index is 11.7. The Labute approximate surface area is 106 Å². The maximum atomic E-state index is 11.7. The highest BCUT2D eigenvalue weighted by molar-refractivity contribution is 6.20. The molecule has 2 rings (SSSR count). The molecule has 1 aliphatic carbocycles. The highest BCUT2D eigenvalue weighted by atomic mass is 35.5. The summed E-state index contributed by atoms with van der Waals surface area (Å²) in [5.41, 5.74) is 0.348. The van der Waals surface area contributed by atoms with Crippen molar-refractivity contribution in [1.29, 1.82) is 0 Å². The Kier molecular flexibility index (Phi) is 4.05. The third kappa shape index (κ3) is 3.46. The van der Waals surface area contributed by atoms with Crippen molar-refractivity contribution < 1.29 is 9.32 Å². The number of amides is 1. The van der Waals surface area contributed by atoms with Crippen LogP contribution in [0.25, 0.3) is 0 Å². The number of rotatable bonds is 3. The van der Waals surface area contributed by atoms with E-state index in [0.29, 0.717) is 23.9 Å². The van der Waals surface area contributed by atoms with Crippen LogP contribution < -0.4 is 5.32 Å². The molecular weight excluding hydrogens is 240 g/mol. The van der Waals surface area contributed by atoms with Crippen molar-refractivity contribution in [3.8, 4) is 0 Å². The number of aryl methyl sites for hydroxylation is 1. The number of hydrogen-bond donors (Lipinski definition) is 1. The van der Waals surface area contributed by atoms with E-state index in [1.54, 1.807) is 13.0 Å². The van der Waals surface area contributed by atoms with Crippen LogP contribution in [0.1, 0.15) is 41.9 Å². The van der Waals surface area contributed by atoms with E-state index in [1.807, 2.05) is 0 Å². The summed E-state index contributed by atoms with van der Waals surface area (Å²) in [6.07, 6.45) is 4.37. The fourth-order valence-corrected chi connectivity index (χ4v) is 2.62. The van der Waals surface area contributed by atoms with Crippen molar-refractivity contribution in [3.05, 3.63) is 17.5 Å². The second-order valence-electron chi connectivity index (χ2n) is 4.66. The van der Waals surface area contributed by atoms with Crippen molar-refractivity contribution in [3.63, 3.8) is 0 Å². The Hall–Kier alpha value is -1.03. The van der Waals surface area contributed by atoms with E-state index in [0.717, 1.165) is 25.7 Å². The zero-order chi connectivity index (χ0) is 12.3. The van der Waals surface area contributed by atoms with E-state index in [-0.39, 0.29) is 11.3 Å². The van der Waals surface area contributed by atoms with Gasteiger partial charge in [-0.15, -0.1) is 11.6 Å². The van der Waals surface area contributed by atoms with E-state index >= 15 is 0 Å². The van der Waals surface area contributed by atoms with Crippen LogP contribution in [-0.2, 0) is 0 Å². The van der Waals surface area contributed by atoms with E-state index in [2.05, 4.69) is 10.5 Å². The van der Waals surface area contributed by atoms with Gasteiger partial charge in [-0.1, -0.05) is 11.6 Å². The normalized spacial score (nSPS) is 24.6. The van der Waals surface area contributed by atoms with E-state index in [9.17, 15) is 4.79 Å². The largest absolute Gasteiger partial charge is 0.361 e. The Morgan fingerprint density at radius 2 is 2.47 bits per heavy atom. The summed E-state index contributed by atoms with van der Waals surface area (Å²) in [6, 6.07) is 1.64. The highest BCUT2D eigenvalue weighted by Gasteiger charge is 2.21. The molecule has 1 saturated carbocycles. The molecule has 1 fully saturated rings. The molecule has 0 saturated heterocycles. The standard InChI is InChI=1S/C12H17ClN2O2/c1-8-5-11(15-17-8)12(16)14-7-9-3-2-4-10(13)6-9/h5,9-10H,2-4,6-7H2,1H3,(H,14,16). The van der Waals surface area contributed by atoms with Gasteiger partial charge in [0, 0.05) is 18.0 Å². The van der Waals surface area contributed by atoms with Crippen LogP contribution in [0.2, 0.25) is 0 Å². The molecular formula is C12H17ClN2O2. The first-order chi connectivity index (χ1) is 8.15. The van der Waals surface area contributed by atoms with Crippen LogP contribution >= 0.6 is 11.6 Å². The lowest BCUT2D eigenvalue weighted by Gasteiger charge is -2.25. The molecule has 1 aromatic heterocycles. The number of nitrogens with one attached hydrogen (secondary N) is 1. The summed E-state index contributed by atoms with van der Waals surface area (Å²) in [6.45, 7) is 2.44. The molecule has 1 aromatic rings. The Balaban J connectivity index is 1.80. The van der Waals surface area contributed by atoms with E-state index in [1.165, 1.54) is 0 Å². The van der Waals surface area contributed by atoms with Crippen molar-refractivity contribution >= 4 is 17.5 Å². The van der Waals surface area contributed by atoms with Crippen LogP contribution in [0.15, 0.2) is 10.6 Å². The average Bonchev–Trinajstić information content (AvgIpc) is 2.73. The molecule has 1 amide bonds. The molecule has 4 nitrogen and oxygen atoms in total. The molecule has 0 bridgehead atoms. The minimum atomic E-state index is -0.168. The minimum Gasteiger partial charge on any atom is -0.361 e. The van der Waals surface area contributed by atoms with Gasteiger partial charge in [0.1, 0.15) is 5.76 Å². The number of halogens is 1. The zero-order valence-electron chi connectivity index (χ0n) is 9.91. The number of carbonyl (C=O) groups is 1. The zero-order valence-corrected chi connectivity index (χ0v) is 10.7. The topological polar surface area (TPSA) is 55.1 Å². The predicted molar refractivity (Wildman–Crippen MR) is 65.2 cm³/mol. The van der Waals surface area contributed by atoms with Gasteiger partial charge in [0.15, 0.2) is 5.69 Å². The van der Waals surface area contributed by atoms with Gasteiger partial charge in [-0.05, 0) is 32.1 Å². The molecule has 1 heterocycles. The summed E-state index contributed by atoms with van der Waals surface area (Å²) in [5.74, 6) is 0.968. The minimum absolute atomic E-state index is 0.168. The molecule has 0 aliphatic heterocycles. The molecule has 2 unspecified atom stereocenters. The predicted octanol–water partition coefficient (Wildman–Crippen LogP) is 2.51. The van der Waals surface area contributed by atoms with Gasteiger partial charge in [0.25, 0.3) is 5.91 Å². The Bertz CT molecular complexity index is 392. The fourth-order valence-electron chi connectivity index (χ4n) is 2.21. The van der Waals surface area contributed by atoms with Crippen LogP contribution in [0.5, 0.6) is 0 Å². The highest BCUT2D eigenvalue weighted by Crippen LogP contribution is 2.27. The van der Waals surface area contributed by atoms with Gasteiger partial charge in [-0.25, -0.2) is 0 Å². The van der Waals surface area contributed by atoms with Gasteiger partial charge < -0.3 is 9.84 Å². The lowest BCUT2D eigenvalue weighted by molar-refractivity contribution is 0.0934. The molecule has 17 heavy (non-hydrogen) atoms. The van der Waals surface area contributed by atoms with Gasteiger partial charge >= 0.3 is 0 Å². The third-order valence-corrected chi connectivity index (χ3v) is 3.53. The Morgan fingerprint density at radius 1 is 1.65 bits per heavy atom. The van der Waals surface area contributed by atoms with Crippen molar-refractivity contribution in [2.24, 2.45) is 5.92 Å². The Morgan fingerprint density at radius 3 is 3.12 bits per heavy atom. The lowest BCUT2D eigenvalue weighted by atomic mass is 9.89. The summed E-state index contributed by atoms with van der Waals surface area (Å²) in [5, 5.41) is 6.83. The molecule has 0 radical (unpaired) electrons. The summed E-state index contributed by atoms with van der Waals surface area (Å²) < 4.78 is 4.86. The molecule has 1 N–H and O–H groups in total. The first-order valence-electron chi connectivity index (χ1n) is 6.00. The second-order valence-corrected chi connectivity index (χ2v) is 5.28. The average molecular weight is 257 g/mol. The second kappa shape index (κ2) is 5.54. The monoisotopic (exact) mass is 256 g/mol. The number of nitrogens with zero attached hydrogens (tertiary/aromatic N) is 1. The van der Waals surface area contributed by atoms with Crippen LogP contribution in [0.3, 0.4) is 0 Å². The number of aromatic nitrogens is 1. The smallest absolute Gasteiger partial charge is 0.273 e. The van der Waals surface area contributed by atoms with Crippen molar-refractivity contribution in [2.45, 2.75) is 38.0 Å². The quantitative estimate of drug-likeness (QED) is 0.846. The first-order valence-corrected chi connectivity index (χ1v) is 6.44. The van der Waals surface area contributed by atoms with Crippen LogP contribution in [0.4, 0.5) is 0 Å². The van der Waals surface area contributed by atoms with Crippen molar-refractivity contribution in [2.75, 3.05) is 6.54 Å². The van der Waals surface area contributed by atoms with Gasteiger partial charge in [-0.3, -0.25) is 4.79 Å². The number of alkyl halides is 1. The third-order valence-electron chi connectivity index (χ3n) is 3.13. The van der Waals surface area contributed by atoms with Gasteiger partial charge in [-0.2, -0.15) is 0 Å². The molecule has 0 aromatic carbocycles. The number of carbonyl (C=O) groups excluding carboxylic acids is 1.